The first-order valence-corrected chi connectivity index (χ1v) is 10.3. The molecule has 1 amide bonds. The summed E-state index contributed by atoms with van der Waals surface area (Å²) in [5.74, 6) is 1.26. The second-order valence-electron chi connectivity index (χ2n) is 8.27. The third-order valence-corrected chi connectivity index (χ3v) is 5.47. The van der Waals surface area contributed by atoms with E-state index in [0.717, 1.165) is 43.8 Å². The monoisotopic (exact) mass is 386 g/mol. The van der Waals surface area contributed by atoms with Gasteiger partial charge in [-0.15, -0.1) is 0 Å². The zero-order chi connectivity index (χ0) is 19.9. The van der Waals surface area contributed by atoms with Gasteiger partial charge in [0.2, 0.25) is 5.91 Å². The van der Waals surface area contributed by atoms with Gasteiger partial charge in [0.1, 0.15) is 11.6 Å². The molecule has 1 aromatic carbocycles. The summed E-state index contributed by atoms with van der Waals surface area (Å²) in [7, 11) is 0. The molecular formula is C23H31FN2O2. The third-order valence-electron chi connectivity index (χ3n) is 5.47. The van der Waals surface area contributed by atoms with Crippen LogP contribution < -0.4 is 5.32 Å². The molecule has 2 aromatic rings. The summed E-state index contributed by atoms with van der Waals surface area (Å²) >= 11 is 0. The largest absolute Gasteiger partial charge is 0.469 e. The van der Waals surface area contributed by atoms with Crippen molar-refractivity contribution >= 4 is 5.91 Å². The minimum absolute atomic E-state index is 0.0207. The normalized spacial score (nSPS) is 17.0. The molecule has 152 valence electrons. The Kier molecular flexibility index (Phi) is 7.26. The van der Waals surface area contributed by atoms with Crippen molar-refractivity contribution in [2.24, 2.45) is 11.8 Å². The number of halogens is 1. The second kappa shape index (κ2) is 9.87. The van der Waals surface area contributed by atoms with Crippen molar-refractivity contribution in [2.45, 2.75) is 39.0 Å². The van der Waals surface area contributed by atoms with Gasteiger partial charge in [0.15, 0.2) is 0 Å². The smallest absolute Gasteiger partial charge is 0.228 e. The van der Waals surface area contributed by atoms with Gasteiger partial charge in [0.25, 0.3) is 0 Å². The lowest BCUT2D eigenvalue weighted by molar-refractivity contribution is -0.122. The van der Waals surface area contributed by atoms with Crippen molar-refractivity contribution in [1.82, 2.24) is 10.2 Å². The van der Waals surface area contributed by atoms with Crippen LogP contribution in [0.2, 0.25) is 0 Å². The second-order valence-corrected chi connectivity index (χ2v) is 8.27. The lowest BCUT2D eigenvalue weighted by Gasteiger charge is -2.33. The van der Waals surface area contributed by atoms with Crippen LogP contribution in [0.1, 0.15) is 43.9 Å². The SMILES string of the molecule is CC(C)CN1CCC(CNC(=O)C(Cc2ccco2)c2ccc(F)cc2)CC1. The van der Waals surface area contributed by atoms with Crippen molar-refractivity contribution in [3.63, 3.8) is 0 Å². The molecule has 4 nitrogen and oxygen atoms in total. The van der Waals surface area contributed by atoms with Crippen molar-refractivity contribution in [3.8, 4) is 0 Å². The molecule has 28 heavy (non-hydrogen) atoms. The Labute approximate surface area is 167 Å². The Balaban J connectivity index is 1.56. The van der Waals surface area contributed by atoms with Crippen LogP contribution in [0.4, 0.5) is 4.39 Å². The maximum absolute atomic E-state index is 13.3. The summed E-state index contributed by atoms with van der Waals surface area (Å²) in [6.07, 6.45) is 4.32. The predicted octanol–water partition coefficient (Wildman–Crippen LogP) is 4.23. The first kappa shape index (κ1) is 20.6. The van der Waals surface area contributed by atoms with Crippen molar-refractivity contribution in [3.05, 3.63) is 59.8 Å². The summed E-state index contributed by atoms with van der Waals surface area (Å²) in [4.78, 5) is 15.5. The van der Waals surface area contributed by atoms with E-state index in [1.165, 1.54) is 12.1 Å². The van der Waals surface area contributed by atoms with Crippen LogP contribution in [0.3, 0.4) is 0 Å². The maximum Gasteiger partial charge on any atom is 0.228 e. The molecule has 0 bridgehead atoms. The van der Waals surface area contributed by atoms with E-state index in [9.17, 15) is 9.18 Å². The molecule has 1 saturated heterocycles. The number of rotatable bonds is 8. The molecule has 5 heteroatoms. The van der Waals surface area contributed by atoms with E-state index in [4.69, 9.17) is 4.42 Å². The molecule has 0 saturated carbocycles. The van der Waals surface area contributed by atoms with Gasteiger partial charge < -0.3 is 14.6 Å². The first-order valence-electron chi connectivity index (χ1n) is 10.3. The number of hydrogen-bond acceptors (Lipinski definition) is 3. The summed E-state index contributed by atoms with van der Waals surface area (Å²) in [5, 5.41) is 3.14. The molecule has 3 rings (SSSR count). The molecule has 2 heterocycles. The van der Waals surface area contributed by atoms with Crippen molar-refractivity contribution in [1.29, 1.82) is 0 Å². The summed E-state index contributed by atoms with van der Waals surface area (Å²) in [6.45, 7) is 8.56. The predicted molar refractivity (Wildman–Crippen MR) is 109 cm³/mol. The van der Waals surface area contributed by atoms with Gasteiger partial charge in [-0.1, -0.05) is 26.0 Å². The Bertz CT molecular complexity index is 720. The highest BCUT2D eigenvalue weighted by Crippen LogP contribution is 2.23. The fraction of sp³-hybridized carbons (Fsp3) is 0.522. The Morgan fingerprint density at radius 3 is 2.54 bits per heavy atom. The van der Waals surface area contributed by atoms with Crippen LogP contribution in [0, 0.1) is 17.7 Å². The molecule has 1 fully saturated rings. The Morgan fingerprint density at radius 1 is 1.21 bits per heavy atom. The quantitative estimate of drug-likeness (QED) is 0.738. The lowest BCUT2D eigenvalue weighted by atomic mass is 9.92. The number of amides is 1. The number of piperidine rings is 1. The molecule has 1 unspecified atom stereocenters. The summed E-state index contributed by atoms with van der Waals surface area (Å²) < 4.78 is 18.7. The number of benzene rings is 1. The minimum atomic E-state index is -0.382. The fourth-order valence-corrected chi connectivity index (χ4v) is 3.94. The van der Waals surface area contributed by atoms with E-state index in [1.54, 1.807) is 18.4 Å². The number of nitrogens with zero attached hydrogens (tertiary/aromatic N) is 1. The first-order chi connectivity index (χ1) is 13.5. The Morgan fingerprint density at radius 2 is 1.93 bits per heavy atom. The highest BCUT2D eigenvalue weighted by molar-refractivity contribution is 5.83. The van der Waals surface area contributed by atoms with E-state index in [0.29, 0.717) is 24.8 Å². The number of likely N-dealkylation sites (tertiary alicyclic amines) is 1. The maximum atomic E-state index is 13.3. The molecular weight excluding hydrogens is 355 g/mol. The van der Waals surface area contributed by atoms with E-state index < -0.39 is 0 Å². The standard InChI is InChI=1S/C23H31FN2O2/c1-17(2)16-26-11-9-18(10-12-26)15-25-23(27)22(14-21-4-3-13-28-21)19-5-7-20(24)8-6-19/h3-8,13,17-18,22H,9-12,14-16H2,1-2H3,(H,25,27). The topological polar surface area (TPSA) is 45.5 Å². The molecule has 1 aliphatic rings. The Hall–Kier alpha value is -2.14. The molecule has 0 aliphatic carbocycles. The van der Waals surface area contributed by atoms with E-state index in [2.05, 4.69) is 24.1 Å². The van der Waals surface area contributed by atoms with Gasteiger partial charge in [-0.2, -0.15) is 0 Å². The van der Waals surface area contributed by atoms with E-state index in [1.807, 2.05) is 12.1 Å². The lowest BCUT2D eigenvalue weighted by Crippen LogP contribution is -2.41. The third kappa shape index (κ3) is 5.93. The van der Waals surface area contributed by atoms with Crippen molar-refractivity contribution in [2.75, 3.05) is 26.2 Å². The van der Waals surface area contributed by atoms with Gasteiger partial charge in [-0.3, -0.25) is 4.79 Å². The van der Waals surface area contributed by atoms with Gasteiger partial charge in [0.05, 0.1) is 12.2 Å². The fourth-order valence-electron chi connectivity index (χ4n) is 3.94. The molecule has 1 aliphatic heterocycles. The molecule has 1 aromatic heterocycles. The number of carbonyl (C=O) groups is 1. The average Bonchev–Trinajstić information content (AvgIpc) is 3.19. The molecule has 0 spiro atoms. The highest BCUT2D eigenvalue weighted by Gasteiger charge is 2.25. The minimum Gasteiger partial charge on any atom is -0.469 e. The molecule has 1 N–H and O–H groups in total. The van der Waals surface area contributed by atoms with Crippen LogP contribution >= 0.6 is 0 Å². The summed E-state index contributed by atoms with van der Waals surface area (Å²) in [6, 6.07) is 9.87. The number of hydrogen-bond donors (Lipinski definition) is 1. The van der Waals surface area contributed by atoms with Crippen LogP contribution in [-0.2, 0) is 11.2 Å². The van der Waals surface area contributed by atoms with E-state index >= 15 is 0 Å². The highest BCUT2D eigenvalue weighted by atomic mass is 19.1. The van der Waals surface area contributed by atoms with Crippen LogP contribution in [-0.4, -0.2) is 37.0 Å². The van der Waals surface area contributed by atoms with Crippen molar-refractivity contribution < 1.29 is 13.6 Å². The van der Waals surface area contributed by atoms with Gasteiger partial charge in [0, 0.05) is 19.5 Å². The van der Waals surface area contributed by atoms with E-state index in [-0.39, 0.29) is 17.6 Å². The van der Waals surface area contributed by atoms with Gasteiger partial charge in [-0.25, -0.2) is 4.39 Å². The van der Waals surface area contributed by atoms with Crippen LogP contribution in [0.15, 0.2) is 47.1 Å². The number of carbonyl (C=O) groups excluding carboxylic acids is 1. The number of nitrogens with one attached hydrogen (secondary N) is 1. The summed E-state index contributed by atoms with van der Waals surface area (Å²) in [5.41, 5.74) is 0.807. The van der Waals surface area contributed by atoms with Crippen LogP contribution in [0.5, 0.6) is 0 Å². The molecule has 1 atom stereocenters. The number of furan rings is 1. The van der Waals surface area contributed by atoms with Gasteiger partial charge >= 0.3 is 0 Å². The zero-order valence-corrected chi connectivity index (χ0v) is 16.9. The average molecular weight is 387 g/mol. The molecule has 0 radical (unpaired) electrons. The van der Waals surface area contributed by atoms with Crippen LogP contribution in [0.25, 0.3) is 0 Å². The zero-order valence-electron chi connectivity index (χ0n) is 16.9. The van der Waals surface area contributed by atoms with Gasteiger partial charge in [-0.05, 0) is 67.6 Å².